The van der Waals surface area contributed by atoms with Crippen LogP contribution in [0.4, 0.5) is 26.3 Å². The van der Waals surface area contributed by atoms with Gasteiger partial charge in [0.1, 0.15) is 12.5 Å². The predicted molar refractivity (Wildman–Crippen MR) is 90.4 cm³/mol. The van der Waals surface area contributed by atoms with E-state index in [4.69, 9.17) is 9.47 Å². The van der Waals surface area contributed by atoms with Crippen LogP contribution in [0.3, 0.4) is 0 Å². The highest BCUT2D eigenvalue weighted by atomic mass is 19.4. The quantitative estimate of drug-likeness (QED) is 0.358. The molecule has 0 saturated carbocycles. The van der Waals surface area contributed by atoms with Crippen molar-refractivity contribution in [1.29, 1.82) is 0 Å². The molecule has 0 aromatic heterocycles. The maximum Gasteiger partial charge on any atom is 0.421 e. The molecule has 4 bridgehead atoms. The molecule has 3 aliphatic heterocycles. The van der Waals surface area contributed by atoms with Gasteiger partial charge in [-0.3, -0.25) is 5.32 Å². The third kappa shape index (κ3) is 4.87. The molecule has 3 rings (SSSR count). The Morgan fingerprint density at radius 1 is 0.933 bits per heavy atom. The molecular formula is C17H27F6N3O4. The number of ether oxygens (including phenoxy) is 2. The second-order valence-electron chi connectivity index (χ2n) is 8.22. The van der Waals surface area contributed by atoms with Crippen LogP contribution in [-0.2, 0) is 9.47 Å². The largest absolute Gasteiger partial charge is 0.421 e. The lowest BCUT2D eigenvalue weighted by molar-refractivity contribution is -0.301. The zero-order valence-corrected chi connectivity index (χ0v) is 16.3. The molecule has 7 nitrogen and oxygen atoms in total. The van der Waals surface area contributed by atoms with Gasteiger partial charge in [0.25, 0.3) is 0 Å². The standard InChI is InChI=1S/C17H27F6N3O4/c1-8-11(27)4-2-3-7-15(28,17(21,22)23)14-26-25-13(30-14)10-6-5-9(16(18,19)20)12(24-10)29-8/h8-14,24-28H,2-7H2,1H3/t8-,9?,10?,11?,12?,13?,14?,15-/m1/s1. The monoisotopic (exact) mass is 451 g/mol. The number of hydrogen-bond acceptors (Lipinski definition) is 7. The number of aliphatic hydroxyl groups excluding tert-OH is 1. The Hall–Kier alpha value is -0.700. The number of hydrazine groups is 1. The first kappa shape index (κ1) is 24.0. The van der Waals surface area contributed by atoms with Crippen LogP contribution in [0.5, 0.6) is 0 Å². The summed E-state index contributed by atoms with van der Waals surface area (Å²) in [6.07, 6.45) is -17.1. The molecule has 3 heterocycles. The lowest BCUT2D eigenvalue weighted by Crippen LogP contribution is -2.60. The van der Waals surface area contributed by atoms with Gasteiger partial charge in [0.05, 0.1) is 24.2 Å². The van der Waals surface area contributed by atoms with Gasteiger partial charge < -0.3 is 19.7 Å². The van der Waals surface area contributed by atoms with Crippen molar-refractivity contribution in [2.75, 3.05) is 0 Å². The van der Waals surface area contributed by atoms with Crippen molar-refractivity contribution in [3.8, 4) is 0 Å². The van der Waals surface area contributed by atoms with Crippen molar-refractivity contribution < 1.29 is 46.0 Å². The fourth-order valence-corrected chi connectivity index (χ4v) is 4.16. The number of aliphatic hydroxyl groups is 2. The fraction of sp³-hybridized carbons (Fsp3) is 1.00. The molecule has 3 fully saturated rings. The van der Waals surface area contributed by atoms with E-state index in [2.05, 4.69) is 16.2 Å². The highest BCUT2D eigenvalue weighted by molar-refractivity contribution is 4.98. The summed E-state index contributed by atoms with van der Waals surface area (Å²) in [5.74, 6) is -1.84. The zero-order valence-electron chi connectivity index (χ0n) is 16.3. The smallest absolute Gasteiger partial charge is 0.390 e. The van der Waals surface area contributed by atoms with Gasteiger partial charge >= 0.3 is 12.4 Å². The molecule has 8 atom stereocenters. The summed E-state index contributed by atoms with van der Waals surface area (Å²) in [5, 5.41) is 23.3. The minimum atomic E-state index is -5.00. The molecule has 30 heavy (non-hydrogen) atoms. The number of piperidine rings is 1. The maximum absolute atomic E-state index is 13.6. The normalized spacial score (nSPS) is 44.5. The molecular weight excluding hydrogens is 424 g/mol. The minimum Gasteiger partial charge on any atom is -0.390 e. The minimum absolute atomic E-state index is 0.0156. The summed E-state index contributed by atoms with van der Waals surface area (Å²) < 4.78 is 92.1. The summed E-state index contributed by atoms with van der Waals surface area (Å²) in [6, 6.07) is -0.809. The Morgan fingerprint density at radius 3 is 2.27 bits per heavy atom. The first-order valence-corrected chi connectivity index (χ1v) is 9.95. The third-order valence-electron chi connectivity index (χ3n) is 6.09. The van der Waals surface area contributed by atoms with Crippen LogP contribution in [0.15, 0.2) is 0 Å². The highest BCUT2D eigenvalue weighted by Gasteiger charge is 2.61. The SMILES string of the molecule is C[C@H]1OC2NC(CCC2C(F)(F)F)C2NNC(O2)[C@@](O)(C(F)(F)F)CCCCC1O. The van der Waals surface area contributed by atoms with Crippen LogP contribution >= 0.6 is 0 Å². The van der Waals surface area contributed by atoms with Gasteiger partial charge in [-0.05, 0) is 39.0 Å². The Balaban J connectivity index is 1.85. The first-order chi connectivity index (χ1) is 13.8. The molecule has 0 spiro atoms. The second-order valence-corrected chi connectivity index (χ2v) is 8.22. The maximum atomic E-state index is 13.6. The molecule has 0 aliphatic carbocycles. The molecule has 176 valence electrons. The van der Waals surface area contributed by atoms with E-state index < -0.39 is 67.2 Å². The van der Waals surface area contributed by atoms with Gasteiger partial charge in [-0.2, -0.15) is 26.3 Å². The van der Waals surface area contributed by atoms with E-state index in [1.54, 1.807) is 0 Å². The van der Waals surface area contributed by atoms with Gasteiger partial charge in [-0.15, -0.1) is 0 Å². The molecule has 0 aromatic carbocycles. The molecule has 0 radical (unpaired) electrons. The van der Waals surface area contributed by atoms with Gasteiger partial charge in [0.15, 0.2) is 6.23 Å². The van der Waals surface area contributed by atoms with E-state index >= 15 is 0 Å². The van der Waals surface area contributed by atoms with E-state index in [9.17, 15) is 36.6 Å². The Bertz CT molecular complexity index is 595. The lowest BCUT2D eigenvalue weighted by atomic mass is 9.90. The van der Waals surface area contributed by atoms with Crippen molar-refractivity contribution in [3.05, 3.63) is 0 Å². The Morgan fingerprint density at radius 2 is 1.63 bits per heavy atom. The van der Waals surface area contributed by atoms with Crippen molar-refractivity contribution >= 4 is 0 Å². The van der Waals surface area contributed by atoms with Crippen LogP contribution in [0.1, 0.15) is 45.4 Å². The highest BCUT2D eigenvalue weighted by Crippen LogP contribution is 2.41. The summed E-state index contributed by atoms with van der Waals surface area (Å²) in [5.41, 5.74) is 1.59. The predicted octanol–water partition coefficient (Wildman–Crippen LogP) is 1.65. The topological polar surface area (TPSA) is 95.0 Å². The number of rotatable bonds is 0. The molecule has 5 N–H and O–H groups in total. The first-order valence-electron chi connectivity index (χ1n) is 9.95. The van der Waals surface area contributed by atoms with Gasteiger partial charge in [-0.1, -0.05) is 6.42 Å². The van der Waals surface area contributed by atoms with Gasteiger partial charge in [0, 0.05) is 0 Å². The zero-order chi connectivity index (χ0) is 22.3. The average molecular weight is 451 g/mol. The van der Waals surface area contributed by atoms with Crippen molar-refractivity contribution in [1.82, 2.24) is 16.2 Å². The number of hydrogen-bond donors (Lipinski definition) is 5. The van der Waals surface area contributed by atoms with E-state index in [-0.39, 0.29) is 32.1 Å². The van der Waals surface area contributed by atoms with Crippen molar-refractivity contribution in [3.63, 3.8) is 0 Å². The summed E-state index contributed by atoms with van der Waals surface area (Å²) in [4.78, 5) is 0. The molecule has 0 aromatic rings. The number of fused-ring (bicyclic) bond motifs is 5. The van der Waals surface area contributed by atoms with Gasteiger partial charge in [0.2, 0.25) is 5.60 Å². The molecule has 3 aliphatic rings. The Kier molecular flexibility index (Phi) is 6.93. The molecule has 0 amide bonds. The summed E-state index contributed by atoms with van der Waals surface area (Å²) in [7, 11) is 0. The number of alkyl halides is 6. The molecule has 6 unspecified atom stereocenters. The third-order valence-corrected chi connectivity index (χ3v) is 6.09. The number of nitrogens with one attached hydrogen (secondary N) is 3. The van der Waals surface area contributed by atoms with Crippen LogP contribution in [-0.4, -0.2) is 65.1 Å². The molecule has 3 saturated heterocycles. The van der Waals surface area contributed by atoms with Crippen molar-refractivity contribution in [2.45, 2.75) is 100 Å². The fourth-order valence-electron chi connectivity index (χ4n) is 4.16. The van der Waals surface area contributed by atoms with Crippen LogP contribution in [0.2, 0.25) is 0 Å². The summed E-state index contributed by atoms with van der Waals surface area (Å²) >= 11 is 0. The van der Waals surface area contributed by atoms with E-state index in [0.717, 1.165) is 0 Å². The van der Waals surface area contributed by atoms with Crippen molar-refractivity contribution in [2.24, 2.45) is 5.92 Å². The van der Waals surface area contributed by atoms with Crippen LogP contribution < -0.4 is 16.2 Å². The molecule has 13 heteroatoms. The second kappa shape index (κ2) is 8.68. The van der Waals surface area contributed by atoms with E-state index in [0.29, 0.717) is 0 Å². The van der Waals surface area contributed by atoms with E-state index in [1.165, 1.54) is 6.92 Å². The van der Waals surface area contributed by atoms with Crippen LogP contribution in [0.25, 0.3) is 0 Å². The van der Waals surface area contributed by atoms with Crippen LogP contribution in [0, 0.1) is 5.92 Å². The van der Waals surface area contributed by atoms with Gasteiger partial charge in [-0.25, -0.2) is 10.9 Å². The number of halogens is 6. The average Bonchev–Trinajstić information content (AvgIpc) is 3.12. The Labute approximate surface area is 169 Å². The lowest BCUT2D eigenvalue weighted by Gasteiger charge is -2.41. The summed E-state index contributed by atoms with van der Waals surface area (Å²) in [6.45, 7) is 1.42. The van der Waals surface area contributed by atoms with E-state index in [1.807, 2.05) is 0 Å².